The summed E-state index contributed by atoms with van der Waals surface area (Å²) in [6.07, 6.45) is 2.30. The third-order valence-electron chi connectivity index (χ3n) is 16.2. The Morgan fingerprint density at radius 1 is 0.551 bits per heavy atom. The van der Waals surface area contributed by atoms with Gasteiger partial charge < -0.3 is 18.5 Å². The molecule has 0 bridgehead atoms. The summed E-state index contributed by atoms with van der Waals surface area (Å²) in [7, 11) is 0. The van der Waals surface area contributed by atoms with Crippen LogP contribution in [0.2, 0.25) is 0 Å². The van der Waals surface area contributed by atoms with E-state index >= 15 is 0 Å². The number of furan rings is 2. The van der Waals surface area contributed by atoms with Crippen molar-refractivity contribution in [1.82, 2.24) is 0 Å². The van der Waals surface area contributed by atoms with Gasteiger partial charge in [0.15, 0.2) is 5.58 Å². The van der Waals surface area contributed by atoms with Gasteiger partial charge in [-0.1, -0.05) is 146 Å². The lowest BCUT2D eigenvalue weighted by Crippen LogP contribution is -2.60. The van der Waals surface area contributed by atoms with E-state index in [1.165, 1.54) is 76.2 Å². The Balaban J connectivity index is 1.17. The van der Waals surface area contributed by atoms with E-state index in [9.17, 15) is 0 Å². The SMILES string of the molecule is Cc1cc2c(cc1N1c3c(sc4cc(-c5ccccc5)ccc34)B3c4c(cc5c(oc6ccccc65)c41)-c1cc4c(cc1N3c1ccc(C(C)(C)C)cc1)oc1ccccc14)C(C)(C)CCC2(C)C. The van der Waals surface area contributed by atoms with E-state index in [0.717, 1.165) is 73.8 Å². The number of thiophene rings is 1. The van der Waals surface area contributed by atoms with Crippen LogP contribution in [0.4, 0.5) is 28.4 Å². The summed E-state index contributed by atoms with van der Waals surface area (Å²) in [4.78, 5) is 5.28. The van der Waals surface area contributed by atoms with Gasteiger partial charge in [-0.2, -0.15) is 0 Å². The Morgan fingerprint density at radius 3 is 1.93 bits per heavy atom. The van der Waals surface area contributed by atoms with Gasteiger partial charge in [0.2, 0.25) is 0 Å². The summed E-state index contributed by atoms with van der Waals surface area (Å²) in [5.74, 6) is 0. The summed E-state index contributed by atoms with van der Waals surface area (Å²) in [6.45, 7) is 18.8. The van der Waals surface area contributed by atoms with Gasteiger partial charge in [0.1, 0.15) is 16.7 Å². The number of hydrogen-bond donors (Lipinski definition) is 0. The first-order valence-corrected chi connectivity index (χ1v) is 25.5. The molecule has 69 heavy (non-hydrogen) atoms. The van der Waals surface area contributed by atoms with E-state index in [2.05, 4.69) is 217 Å². The van der Waals surface area contributed by atoms with E-state index in [-0.39, 0.29) is 23.1 Å². The molecule has 336 valence electrons. The maximum absolute atomic E-state index is 7.31. The minimum Gasteiger partial charge on any atom is -0.456 e. The van der Waals surface area contributed by atoms with Crippen LogP contribution in [-0.4, -0.2) is 6.85 Å². The summed E-state index contributed by atoms with van der Waals surface area (Å²) in [5, 5.41) is 5.74. The lowest BCUT2D eigenvalue weighted by atomic mass is 9.46. The summed E-state index contributed by atoms with van der Waals surface area (Å²) < 4.78 is 16.6. The predicted molar refractivity (Wildman–Crippen MR) is 294 cm³/mol. The molecule has 8 aromatic carbocycles. The van der Waals surface area contributed by atoms with Crippen molar-refractivity contribution in [2.75, 3.05) is 9.71 Å². The summed E-state index contributed by atoms with van der Waals surface area (Å²) in [6, 6.07) is 56.7. The Morgan fingerprint density at radius 2 is 1.20 bits per heavy atom. The third kappa shape index (κ3) is 5.82. The van der Waals surface area contributed by atoms with E-state index in [1.807, 2.05) is 11.3 Å². The molecule has 11 aromatic rings. The number of aryl methyl sites for hydroxylation is 1. The molecule has 1 aliphatic carbocycles. The second-order valence-electron chi connectivity index (χ2n) is 22.4. The van der Waals surface area contributed by atoms with E-state index in [4.69, 9.17) is 8.83 Å². The quantitative estimate of drug-likeness (QED) is 0.165. The highest BCUT2D eigenvalue weighted by atomic mass is 32.1. The zero-order chi connectivity index (χ0) is 46.9. The molecule has 0 atom stereocenters. The number of rotatable bonds is 3. The molecular formula is C63H53BN2O2S. The molecule has 0 saturated carbocycles. The lowest BCUT2D eigenvalue weighted by Gasteiger charge is -2.46. The van der Waals surface area contributed by atoms with Crippen LogP contribution in [0.5, 0.6) is 0 Å². The standard InChI is InChI=1S/C63H53BN2O2S/c1-36-30-48-49(63(7,8)29-28-62(48,5)6)34-50(36)65-57-43-27-22-38(37-16-10-9-11-17-37)31-55(43)69-60(57)64-56-46(33-47-42-19-13-15-21-53(42)68-59(47)58(56)65)44-32-45-41-18-12-14-20-52(41)67-54(45)35-51(44)66(64)40-25-23-39(24-26-40)61(2,3)4/h9-27,30-35H,28-29H2,1-8H3. The Kier molecular flexibility index (Phi) is 8.35. The molecule has 0 unspecified atom stereocenters. The molecule has 0 spiro atoms. The molecule has 0 fully saturated rings. The van der Waals surface area contributed by atoms with E-state index in [0.29, 0.717) is 0 Å². The monoisotopic (exact) mass is 912 g/mol. The van der Waals surface area contributed by atoms with Crippen molar-refractivity contribution in [1.29, 1.82) is 0 Å². The number of nitrogens with zero attached hydrogens (tertiary/aromatic N) is 2. The maximum atomic E-state index is 7.31. The first kappa shape index (κ1) is 41.0. The highest BCUT2D eigenvalue weighted by Gasteiger charge is 2.49. The van der Waals surface area contributed by atoms with Crippen molar-refractivity contribution in [3.8, 4) is 22.3 Å². The van der Waals surface area contributed by atoms with Gasteiger partial charge in [-0.3, -0.25) is 0 Å². The summed E-state index contributed by atoms with van der Waals surface area (Å²) in [5.41, 5.74) is 21.1. The van der Waals surface area contributed by atoms with Gasteiger partial charge in [0, 0.05) is 65.1 Å². The van der Waals surface area contributed by atoms with Crippen LogP contribution in [0.3, 0.4) is 0 Å². The molecular weight excluding hydrogens is 860 g/mol. The zero-order valence-corrected chi connectivity index (χ0v) is 41.4. The minimum absolute atomic E-state index is 0.00239. The maximum Gasteiger partial charge on any atom is 0.343 e. The van der Waals surface area contributed by atoms with Gasteiger partial charge in [-0.05, 0) is 129 Å². The normalized spacial score (nSPS) is 15.9. The van der Waals surface area contributed by atoms with E-state index in [1.54, 1.807) is 0 Å². The average Bonchev–Trinajstić information content (AvgIpc) is 4.03. The largest absolute Gasteiger partial charge is 0.456 e. The van der Waals surface area contributed by atoms with Crippen LogP contribution in [-0.2, 0) is 16.2 Å². The predicted octanol–water partition coefficient (Wildman–Crippen LogP) is 17.0. The minimum atomic E-state index is -0.195. The van der Waals surface area contributed by atoms with E-state index < -0.39 is 0 Å². The number of hydrogen-bond acceptors (Lipinski definition) is 5. The second kappa shape index (κ2) is 14.0. The number of anilines is 5. The van der Waals surface area contributed by atoms with Crippen LogP contribution in [0.25, 0.3) is 76.2 Å². The van der Waals surface area contributed by atoms with Crippen molar-refractivity contribution >= 4 is 111 Å². The van der Waals surface area contributed by atoms with Gasteiger partial charge in [-0.15, -0.1) is 11.3 Å². The molecule has 4 nitrogen and oxygen atoms in total. The fourth-order valence-corrected chi connectivity index (χ4v) is 13.6. The van der Waals surface area contributed by atoms with Crippen molar-refractivity contribution in [3.63, 3.8) is 0 Å². The molecule has 3 aromatic heterocycles. The zero-order valence-electron chi connectivity index (χ0n) is 40.5. The Hall–Kier alpha value is -7.02. The topological polar surface area (TPSA) is 32.8 Å². The highest BCUT2D eigenvalue weighted by molar-refractivity contribution is 7.32. The van der Waals surface area contributed by atoms with Crippen molar-refractivity contribution in [2.24, 2.45) is 0 Å². The lowest BCUT2D eigenvalue weighted by molar-refractivity contribution is 0.332. The number of fused-ring (bicyclic) bond motifs is 14. The van der Waals surface area contributed by atoms with Gasteiger partial charge in [0.05, 0.1) is 11.4 Å². The molecule has 0 amide bonds. The molecule has 0 saturated heterocycles. The highest BCUT2D eigenvalue weighted by Crippen LogP contribution is 2.56. The molecule has 0 N–H and O–H groups in total. The smallest absolute Gasteiger partial charge is 0.343 e. The van der Waals surface area contributed by atoms with Crippen LogP contribution in [0.1, 0.15) is 83.6 Å². The third-order valence-corrected chi connectivity index (χ3v) is 17.4. The first-order chi connectivity index (χ1) is 33.2. The molecule has 6 heteroatoms. The fraction of sp³-hybridized carbons (Fsp3) is 0.206. The van der Waals surface area contributed by atoms with Gasteiger partial charge in [0.25, 0.3) is 0 Å². The molecule has 3 aliphatic rings. The number of para-hydroxylation sites is 2. The first-order valence-electron chi connectivity index (χ1n) is 24.6. The van der Waals surface area contributed by atoms with Crippen LogP contribution in [0.15, 0.2) is 160 Å². The number of benzene rings is 8. The Bertz CT molecular complexity index is 3980. The molecule has 2 aliphatic heterocycles. The molecule has 14 rings (SSSR count). The fourth-order valence-electron chi connectivity index (χ4n) is 12.3. The Labute approximate surface area is 407 Å². The van der Waals surface area contributed by atoms with Crippen molar-refractivity contribution < 1.29 is 8.83 Å². The van der Waals surface area contributed by atoms with Gasteiger partial charge in [-0.25, -0.2) is 0 Å². The van der Waals surface area contributed by atoms with Crippen molar-refractivity contribution in [3.05, 3.63) is 174 Å². The van der Waals surface area contributed by atoms with Crippen LogP contribution >= 0.6 is 11.3 Å². The van der Waals surface area contributed by atoms with Gasteiger partial charge >= 0.3 is 6.85 Å². The molecule has 0 radical (unpaired) electrons. The summed E-state index contributed by atoms with van der Waals surface area (Å²) >= 11 is 1.94. The van der Waals surface area contributed by atoms with Crippen molar-refractivity contribution in [2.45, 2.75) is 84.5 Å². The van der Waals surface area contributed by atoms with Crippen LogP contribution in [0, 0.1) is 6.92 Å². The molecule has 5 heterocycles. The average molecular weight is 913 g/mol. The second-order valence-corrected chi connectivity index (χ2v) is 23.5. The van der Waals surface area contributed by atoms with Crippen LogP contribution < -0.4 is 20.0 Å².